The number of imidazole rings is 1. The average Bonchev–Trinajstić information content (AvgIpc) is 4.37. The number of carbonyl (C=O) groups is 8. The minimum absolute atomic E-state index is 0.112. The van der Waals surface area contributed by atoms with Gasteiger partial charge >= 0.3 is 41.8 Å². The maximum Gasteiger partial charge on any atom is 0.322 e. The van der Waals surface area contributed by atoms with Gasteiger partial charge in [-0.1, -0.05) is 115 Å². The van der Waals surface area contributed by atoms with Crippen LogP contribution >= 0.6 is 0 Å². The normalized spacial score (nSPS) is 13.7. The number of aromatic nitrogens is 2. The Kier molecular flexibility index (Phi) is 33.7. The number of nitrogens with zero attached hydrogens (tertiary/aromatic N) is 1. The van der Waals surface area contributed by atoms with Crippen molar-refractivity contribution in [3.05, 3.63) is 150 Å². The van der Waals surface area contributed by atoms with Gasteiger partial charge in [0.2, 0.25) is 5.91 Å². The van der Waals surface area contributed by atoms with E-state index in [0.29, 0.717) is 31.5 Å². The molecule has 0 radical (unpaired) electrons. The van der Waals surface area contributed by atoms with Crippen molar-refractivity contribution in [2.24, 2.45) is 40.1 Å². The van der Waals surface area contributed by atoms with Crippen LogP contribution in [0.4, 0.5) is 0 Å². The summed E-state index contributed by atoms with van der Waals surface area (Å²) in [5.74, 6) is -8.42. The predicted octanol–water partition coefficient (Wildman–Crippen LogP) is 0.363. The van der Waals surface area contributed by atoms with Gasteiger partial charge in [-0.3, -0.25) is 43.8 Å². The van der Waals surface area contributed by atoms with E-state index >= 15 is 0 Å². The van der Waals surface area contributed by atoms with Crippen LogP contribution in [0.2, 0.25) is 0 Å². The van der Waals surface area contributed by atoms with Gasteiger partial charge in [-0.25, -0.2) is 4.98 Å². The van der Waals surface area contributed by atoms with E-state index in [2.05, 4.69) is 26.3 Å². The van der Waals surface area contributed by atoms with Gasteiger partial charge in [0, 0.05) is 19.2 Å². The number of carboxylic acid groups (broad SMARTS) is 7. The van der Waals surface area contributed by atoms with Crippen LogP contribution in [0.5, 0.6) is 0 Å². The number of fused-ring (bicyclic) bond motifs is 2. The Hall–Kier alpha value is -9.42. The quantitative estimate of drug-likeness (QED) is 0.0279. The lowest BCUT2D eigenvalue weighted by atomic mass is 9.85. The SMILES string of the molecule is N=C(N)NCCCC(N)C(=O)O.NC(=O)CC(N)C(=O)O.NC(CO)C(=O)O.NC(Cc1c[nH]cn1)C(=O)O.NC(Cc1ccccc1)C(=O)O.O=C(O)C(c1cccc2ccccc12)c1cccc2ccccc12.O=C(O)[C@@H]1CCCN1. The van der Waals surface area contributed by atoms with Crippen LogP contribution in [-0.4, -0.2) is 160 Å². The molecule has 1 aromatic heterocycles. The summed E-state index contributed by atoms with van der Waals surface area (Å²) in [7, 11) is 0. The Morgan fingerprint density at radius 1 is 0.590 bits per heavy atom. The monoisotopic (exact) mass is 1160 g/mol. The molecule has 28 heteroatoms. The molecule has 6 atom stereocenters. The highest BCUT2D eigenvalue weighted by Crippen LogP contribution is 2.35. The smallest absolute Gasteiger partial charge is 0.322 e. The lowest BCUT2D eigenvalue weighted by Crippen LogP contribution is -2.34. The summed E-state index contributed by atoms with van der Waals surface area (Å²) in [5.41, 5.74) is 38.4. The van der Waals surface area contributed by atoms with Crippen molar-refractivity contribution in [2.75, 3.05) is 19.7 Å². The molecule has 1 fully saturated rings. The molecular weight excluding hydrogens is 1080 g/mol. The molecule has 6 aromatic rings. The fourth-order valence-corrected chi connectivity index (χ4v) is 7.05. The number of nitrogens with two attached hydrogens (primary N) is 7. The van der Waals surface area contributed by atoms with E-state index in [4.69, 9.17) is 75.6 Å². The molecule has 26 N–H and O–H groups in total. The van der Waals surface area contributed by atoms with Gasteiger partial charge in [0.1, 0.15) is 42.2 Å². The van der Waals surface area contributed by atoms with E-state index in [-0.39, 0.29) is 24.8 Å². The fraction of sp³-hybridized carbons (Fsp3) is 0.309. The molecule has 83 heavy (non-hydrogen) atoms. The number of nitrogens with one attached hydrogen (secondary N) is 4. The number of aliphatic hydroxyl groups is 1. The van der Waals surface area contributed by atoms with E-state index < -0.39 is 90.4 Å². The van der Waals surface area contributed by atoms with E-state index in [0.717, 1.165) is 57.6 Å². The Balaban J connectivity index is 0.000000510. The molecular formula is C55H74N12O16. The second-order valence-electron chi connectivity index (χ2n) is 17.9. The molecule has 1 aliphatic rings. The van der Waals surface area contributed by atoms with Crippen LogP contribution in [-0.2, 0) is 51.2 Å². The van der Waals surface area contributed by atoms with Gasteiger partial charge in [0.15, 0.2) is 5.96 Å². The van der Waals surface area contributed by atoms with Gasteiger partial charge in [0.05, 0.1) is 25.0 Å². The third-order valence-corrected chi connectivity index (χ3v) is 11.4. The number of aliphatic hydroxyl groups excluding tert-OH is 1. The van der Waals surface area contributed by atoms with Crippen LogP contribution in [0, 0.1) is 5.41 Å². The highest BCUT2D eigenvalue weighted by atomic mass is 16.4. The highest BCUT2D eigenvalue weighted by Gasteiger charge is 2.26. The first kappa shape index (κ1) is 71.6. The van der Waals surface area contributed by atoms with Crippen LogP contribution in [0.15, 0.2) is 128 Å². The summed E-state index contributed by atoms with van der Waals surface area (Å²) in [4.78, 5) is 89.3. The average molecular weight is 1160 g/mol. The molecule has 0 spiro atoms. The van der Waals surface area contributed by atoms with Crippen molar-refractivity contribution in [1.82, 2.24) is 20.6 Å². The fourth-order valence-electron chi connectivity index (χ4n) is 7.05. The lowest BCUT2D eigenvalue weighted by Gasteiger charge is -2.18. The molecule has 5 aromatic carbocycles. The molecule has 28 nitrogen and oxygen atoms in total. The number of hydrogen-bond donors (Lipinski definition) is 19. The number of benzene rings is 5. The van der Waals surface area contributed by atoms with Crippen LogP contribution in [0.25, 0.3) is 21.5 Å². The Labute approximate surface area is 476 Å². The van der Waals surface area contributed by atoms with Gasteiger partial charge in [-0.2, -0.15) is 0 Å². The summed E-state index contributed by atoms with van der Waals surface area (Å²) >= 11 is 0. The number of guanidine groups is 1. The van der Waals surface area contributed by atoms with Gasteiger partial charge in [-0.15, -0.1) is 0 Å². The number of aliphatic carboxylic acids is 7. The van der Waals surface area contributed by atoms with Crippen molar-refractivity contribution < 1.29 is 79.2 Å². The number of carboxylic acids is 7. The standard InChI is InChI=1S/C22H16O2.C9H11NO2.C6H14N4O2.C6H9N3O2.C5H9NO2.C4H8N2O3.C3H7NO3/c23-22(24)21(19-13-5-9-15-7-1-3-11-17(15)19)20-14-6-10-16-8-2-4-12-18(16)20;10-8(9(11)12)6-7-4-2-1-3-5-7;7-4(5(11)12)2-1-3-10-6(8)9;7-5(6(10)11)1-4-2-8-3-9-4;7-5(8)4-2-1-3-6-4;5-2(4(8)9)1-3(6)7;4-2(1-5)3(6)7/h1-14,21H,(H,23,24);1-5,8H,6,10H2,(H,11,12);4H,1-3,7H2,(H,11,12)(H4,8,9,10);2-3,5H,1,7H2,(H,8,9)(H,10,11);4,6H,1-3H2,(H,7,8);2H,1,5H2,(H2,6,7)(H,8,9);2,5H,1,4H2,(H,6,7)/t;;;;4-;;/m....0../s1. The van der Waals surface area contributed by atoms with Crippen LogP contribution < -0.4 is 50.8 Å². The molecule has 0 aliphatic carbocycles. The largest absolute Gasteiger partial charge is 0.481 e. The zero-order valence-electron chi connectivity index (χ0n) is 45.1. The van der Waals surface area contributed by atoms with Gasteiger partial charge < -0.3 is 96.6 Å². The summed E-state index contributed by atoms with van der Waals surface area (Å²) in [6, 6.07) is 31.9. The summed E-state index contributed by atoms with van der Waals surface area (Å²) in [6.45, 7) is 0.836. The molecule has 450 valence electrons. The zero-order valence-corrected chi connectivity index (χ0v) is 45.1. The third kappa shape index (κ3) is 29.0. The number of hydrogen-bond acceptors (Lipinski definition) is 17. The van der Waals surface area contributed by atoms with Crippen molar-refractivity contribution in [1.29, 1.82) is 5.41 Å². The number of H-pyrrole nitrogens is 1. The minimum Gasteiger partial charge on any atom is -0.481 e. The topological polar surface area (TPSA) is 557 Å². The zero-order chi connectivity index (χ0) is 62.6. The maximum absolute atomic E-state index is 12.2. The molecule has 0 bridgehead atoms. The van der Waals surface area contributed by atoms with E-state index in [1.165, 1.54) is 6.33 Å². The summed E-state index contributed by atoms with van der Waals surface area (Å²) in [5, 5.41) is 83.9. The molecule has 1 amide bonds. The molecule has 1 saturated heterocycles. The van der Waals surface area contributed by atoms with E-state index in [1.807, 2.05) is 115 Å². The number of aromatic amines is 1. The molecule has 0 saturated carbocycles. The van der Waals surface area contributed by atoms with Crippen LogP contribution in [0.1, 0.15) is 60.4 Å². The van der Waals surface area contributed by atoms with Gasteiger partial charge in [0.25, 0.3) is 0 Å². The Morgan fingerprint density at radius 2 is 1.06 bits per heavy atom. The highest BCUT2D eigenvalue weighted by molar-refractivity contribution is 5.97. The van der Waals surface area contributed by atoms with Crippen LogP contribution in [0.3, 0.4) is 0 Å². The lowest BCUT2D eigenvalue weighted by molar-refractivity contribution is -0.140. The van der Waals surface area contributed by atoms with Crippen molar-refractivity contribution in [3.63, 3.8) is 0 Å². The Bertz CT molecular complexity index is 2890. The number of amides is 1. The summed E-state index contributed by atoms with van der Waals surface area (Å²) in [6.07, 6.45) is 6.21. The van der Waals surface area contributed by atoms with E-state index in [9.17, 15) is 43.5 Å². The number of carbonyl (C=O) groups excluding carboxylic acids is 1. The Morgan fingerprint density at radius 3 is 1.42 bits per heavy atom. The third-order valence-electron chi connectivity index (χ3n) is 11.4. The van der Waals surface area contributed by atoms with Crippen molar-refractivity contribution in [3.8, 4) is 0 Å². The minimum atomic E-state index is -1.21. The second kappa shape index (κ2) is 39.1. The number of primary amides is 1. The first-order chi connectivity index (χ1) is 39.2. The second-order valence-corrected chi connectivity index (χ2v) is 17.9. The molecule has 7 rings (SSSR count). The maximum atomic E-state index is 12.2. The van der Waals surface area contributed by atoms with Crippen molar-refractivity contribution >= 4 is 75.2 Å². The first-order valence-corrected chi connectivity index (χ1v) is 25.3. The molecule has 5 unspecified atom stereocenters. The summed E-state index contributed by atoms with van der Waals surface area (Å²) < 4.78 is 0. The van der Waals surface area contributed by atoms with E-state index in [1.54, 1.807) is 6.20 Å². The molecule has 2 heterocycles. The predicted molar refractivity (Wildman–Crippen MR) is 307 cm³/mol. The van der Waals surface area contributed by atoms with Gasteiger partial charge in [-0.05, 0) is 76.9 Å². The molecule has 1 aliphatic heterocycles. The number of rotatable bonds is 20. The first-order valence-electron chi connectivity index (χ1n) is 25.3. The van der Waals surface area contributed by atoms with Crippen molar-refractivity contribution in [2.45, 2.75) is 87.1 Å².